The smallest absolute Gasteiger partial charge is 0.315 e. The summed E-state index contributed by atoms with van der Waals surface area (Å²) in [5, 5.41) is 6.46. The van der Waals surface area contributed by atoms with Crippen molar-refractivity contribution >= 4 is 23.6 Å². The van der Waals surface area contributed by atoms with Crippen molar-refractivity contribution in [3.63, 3.8) is 0 Å². The molecule has 102 valence electrons. The standard InChI is InChI=1S/C13H22N2O2S/c1-8(2)10(16)5-3-4-6-11-12-9(7-18-11)14-13(17)15-12/h8-9,11-12H,3-7H2,1-2H3,(H2,14,15,17)/t9?,11-,12?/m0/s1. The van der Waals surface area contributed by atoms with Gasteiger partial charge in [-0.1, -0.05) is 20.3 Å². The Morgan fingerprint density at radius 1 is 1.39 bits per heavy atom. The van der Waals surface area contributed by atoms with Gasteiger partial charge in [-0.25, -0.2) is 4.79 Å². The zero-order valence-electron chi connectivity index (χ0n) is 11.1. The minimum absolute atomic E-state index is 0.0229. The fourth-order valence-electron chi connectivity index (χ4n) is 2.58. The third-order valence-electron chi connectivity index (χ3n) is 3.74. The molecule has 2 N–H and O–H groups in total. The molecule has 2 amide bonds. The minimum Gasteiger partial charge on any atom is -0.332 e. The highest BCUT2D eigenvalue weighted by Gasteiger charge is 2.42. The lowest BCUT2D eigenvalue weighted by Gasteiger charge is -2.16. The summed E-state index contributed by atoms with van der Waals surface area (Å²) in [7, 11) is 0. The van der Waals surface area contributed by atoms with Crippen molar-refractivity contribution in [3.05, 3.63) is 0 Å². The van der Waals surface area contributed by atoms with Crippen LogP contribution in [0.15, 0.2) is 0 Å². The van der Waals surface area contributed by atoms with Gasteiger partial charge in [-0.05, 0) is 12.8 Å². The van der Waals surface area contributed by atoms with Gasteiger partial charge in [-0.3, -0.25) is 4.79 Å². The first-order chi connectivity index (χ1) is 8.58. The molecule has 0 radical (unpaired) electrons. The Kier molecular flexibility index (Phi) is 4.54. The van der Waals surface area contributed by atoms with Crippen LogP contribution in [-0.4, -0.2) is 34.9 Å². The molecule has 18 heavy (non-hydrogen) atoms. The molecule has 0 aromatic heterocycles. The van der Waals surface area contributed by atoms with Crippen LogP contribution in [0, 0.1) is 5.92 Å². The maximum Gasteiger partial charge on any atom is 0.315 e. The van der Waals surface area contributed by atoms with E-state index in [4.69, 9.17) is 0 Å². The van der Waals surface area contributed by atoms with E-state index in [9.17, 15) is 9.59 Å². The predicted octanol–water partition coefficient (Wildman–Crippen LogP) is 1.94. The summed E-state index contributed by atoms with van der Waals surface area (Å²) in [6, 6.07) is 0.582. The highest BCUT2D eigenvalue weighted by Crippen LogP contribution is 2.33. The highest BCUT2D eigenvalue weighted by atomic mass is 32.2. The van der Waals surface area contributed by atoms with Crippen LogP contribution in [0.25, 0.3) is 0 Å². The maximum absolute atomic E-state index is 11.5. The van der Waals surface area contributed by atoms with Crippen molar-refractivity contribution in [2.24, 2.45) is 5.92 Å². The first-order valence-corrected chi connectivity index (χ1v) is 7.84. The van der Waals surface area contributed by atoms with Crippen LogP contribution in [0.4, 0.5) is 4.79 Å². The third-order valence-corrected chi connectivity index (χ3v) is 5.25. The number of hydrogen-bond donors (Lipinski definition) is 2. The largest absolute Gasteiger partial charge is 0.332 e. The summed E-state index contributed by atoms with van der Waals surface area (Å²) in [6.45, 7) is 3.92. The first kappa shape index (κ1) is 13.7. The Hall–Kier alpha value is -0.710. The summed E-state index contributed by atoms with van der Waals surface area (Å²) in [5.41, 5.74) is 0. The molecule has 3 atom stereocenters. The van der Waals surface area contributed by atoms with Crippen LogP contribution in [-0.2, 0) is 4.79 Å². The zero-order valence-corrected chi connectivity index (χ0v) is 11.9. The number of ketones is 1. The Morgan fingerprint density at radius 2 is 2.17 bits per heavy atom. The molecular formula is C13H22N2O2S. The number of rotatable bonds is 6. The number of nitrogens with one attached hydrogen (secondary N) is 2. The molecule has 0 bridgehead atoms. The number of fused-ring (bicyclic) bond motifs is 1. The number of unbranched alkanes of at least 4 members (excludes halogenated alkanes) is 1. The quantitative estimate of drug-likeness (QED) is 0.573. The van der Waals surface area contributed by atoms with Crippen LogP contribution in [0.5, 0.6) is 0 Å². The molecule has 2 fully saturated rings. The molecular weight excluding hydrogens is 248 g/mol. The molecule has 0 spiro atoms. The van der Waals surface area contributed by atoms with Gasteiger partial charge in [-0.2, -0.15) is 11.8 Å². The summed E-state index contributed by atoms with van der Waals surface area (Å²) in [6.07, 6.45) is 3.86. The molecule has 2 saturated heterocycles. The van der Waals surface area contributed by atoms with E-state index in [-0.39, 0.29) is 11.9 Å². The fourth-order valence-corrected chi connectivity index (χ4v) is 4.12. The van der Waals surface area contributed by atoms with Crippen LogP contribution >= 0.6 is 11.8 Å². The SMILES string of the molecule is CC(C)C(=O)CCCC[C@@H]1SCC2NC(=O)NC21. The second-order valence-corrected chi connectivity index (χ2v) is 6.76. The molecule has 4 nitrogen and oxygen atoms in total. The van der Waals surface area contributed by atoms with E-state index in [2.05, 4.69) is 10.6 Å². The van der Waals surface area contributed by atoms with Crippen LogP contribution in [0.3, 0.4) is 0 Å². The van der Waals surface area contributed by atoms with E-state index < -0.39 is 0 Å². The normalized spacial score (nSPS) is 30.2. The van der Waals surface area contributed by atoms with Crippen LogP contribution in [0.2, 0.25) is 0 Å². The van der Waals surface area contributed by atoms with Gasteiger partial charge in [0.1, 0.15) is 5.78 Å². The lowest BCUT2D eigenvalue weighted by molar-refractivity contribution is -0.122. The molecule has 2 aliphatic rings. The van der Waals surface area contributed by atoms with E-state index in [1.165, 1.54) is 0 Å². The average Bonchev–Trinajstić information content (AvgIpc) is 2.84. The Balaban J connectivity index is 1.66. The average molecular weight is 270 g/mol. The van der Waals surface area contributed by atoms with Crippen LogP contribution in [0.1, 0.15) is 39.5 Å². The zero-order chi connectivity index (χ0) is 13.1. The monoisotopic (exact) mass is 270 g/mol. The number of urea groups is 1. The Labute approximate surface area is 113 Å². The van der Waals surface area contributed by atoms with Crippen molar-refractivity contribution < 1.29 is 9.59 Å². The minimum atomic E-state index is -0.0229. The van der Waals surface area contributed by atoms with Crippen molar-refractivity contribution in [2.45, 2.75) is 56.9 Å². The predicted molar refractivity (Wildman–Crippen MR) is 73.8 cm³/mol. The molecule has 5 heteroatoms. The fraction of sp³-hybridized carbons (Fsp3) is 0.846. The van der Waals surface area contributed by atoms with E-state index in [1.807, 2.05) is 25.6 Å². The third kappa shape index (κ3) is 3.19. The van der Waals surface area contributed by atoms with E-state index in [0.29, 0.717) is 29.5 Å². The molecule has 2 unspecified atom stereocenters. The molecule has 0 saturated carbocycles. The van der Waals surface area contributed by atoms with Gasteiger partial charge in [-0.15, -0.1) is 0 Å². The van der Waals surface area contributed by atoms with Gasteiger partial charge in [0.2, 0.25) is 0 Å². The highest BCUT2D eigenvalue weighted by molar-refractivity contribution is 8.00. The molecule has 0 aromatic carbocycles. The van der Waals surface area contributed by atoms with Crippen LogP contribution < -0.4 is 10.6 Å². The van der Waals surface area contributed by atoms with Gasteiger partial charge in [0.25, 0.3) is 0 Å². The second-order valence-electron chi connectivity index (χ2n) is 5.49. The number of Topliss-reactive ketones (excluding diaryl/α,β-unsaturated/α-hetero) is 1. The van der Waals surface area contributed by atoms with E-state index >= 15 is 0 Å². The Bertz CT molecular complexity index is 333. The summed E-state index contributed by atoms with van der Waals surface area (Å²) in [5.74, 6) is 1.54. The van der Waals surface area contributed by atoms with Gasteiger partial charge in [0, 0.05) is 23.3 Å². The summed E-state index contributed by atoms with van der Waals surface area (Å²) < 4.78 is 0. The number of hydrogen-bond acceptors (Lipinski definition) is 3. The molecule has 0 aliphatic carbocycles. The van der Waals surface area contributed by atoms with E-state index in [1.54, 1.807) is 0 Å². The number of carbonyl (C=O) groups is 2. The summed E-state index contributed by atoms with van der Waals surface area (Å²) in [4.78, 5) is 22.7. The van der Waals surface area contributed by atoms with Crippen molar-refractivity contribution in [3.8, 4) is 0 Å². The van der Waals surface area contributed by atoms with Crippen molar-refractivity contribution in [2.75, 3.05) is 5.75 Å². The lowest BCUT2D eigenvalue weighted by atomic mass is 10.00. The molecule has 2 rings (SSSR count). The van der Waals surface area contributed by atoms with Crippen molar-refractivity contribution in [1.29, 1.82) is 0 Å². The van der Waals surface area contributed by atoms with Gasteiger partial charge in [0.15, 0.2) is 0 Å². The van der Waals surface area contributed by atoms with Gasteiger partial charge < -0.3 is 10.6 Å². The molecule has 2 aliphatic heterocycles. The topological polar surface area (TPSA) is 58.2 Å². The van der Waals surface area contributed by atoms with Gasteiger partial charge in [0.05, 0.1) is 12.1 Å². The lowest BCUT2D eigenvalue weighted by Crippen LogP contribution is -2.36. The molecule has 0 aromatic rings. The van der Waals surface area contributed by atoms with E-state index in [0.717, 1.165) is 25.0 Å². The number of thioether (sulfide) groups is 1. The molecule has 2 heterocycles. The van der Waals surface area contributed by atoms with Gasteiger partial charge >= 0.3 is 6.03 Å². The number of carbonyl (C=O) groups excluding carboxylic acids is 2. The second kappa shape index (κ2) is 5.95. The van der Waals surface area contributed by atoms with Crippen molar-refractivity contribution in [1.82, 2.24) is 10.6 Å². The number of amides is 2. The summed E-state index contributed by atoms with van der Waals surface area (Å²) >= 11 is 1.94. The maximum atomic E-state index is 11.5. The first-order valence-electron chi connectivity index (χ1n) is 6.79. The Morgan fingerprint density at radius 3 is 2.89 bits per heavy atom.